The van der Waals surface area contributed by atoms with Gasteiger partial charge in [0, 0.05) is 57.9 Å². The van der Waals surface area contributed by atoms with E-state index < -0.39 is 10.0 Å². The second kappa shape index (κ2) is 19.7. The quantitative estimate of drug-likeness (QED) is 0.154. The first-order chi connectivity index (χ1) is 38.4. The van der Waals surface area contributed by atoms with Crippen LogP contribution in [0.4, 0.5) is 0 Å². The van der Waals surface area contributed by atoms with Crippen molar-refractivity contribution in [3.63, 3.8) is 0 Å². The van der Waals surface area contributed by atoms with Crippen LogP contribution >= 0.6 is 10.0 Å². The molecule has 0 N–H and O–H groups in total. The minimum absolute atomic E-state index is 0.0772. The Labute approximate surface area is 475 Å². The number of aromatic nitrogens is 2. The van der Waals surface area contributed by atoms with E-state index in [0.29, 0.717) is 27.9 Å². The molecule has 0 aliphatic rings. The zero-order chi connectivity index (χ0) is 54.4. The molecule has 13 aromatic rings. The topological polar surface area (TPSA) is 9.86 Å². The molecule has 11 aromatic carbocycles. The van der Waals surface area contributed by atoms with Gasteiger partial charge in [0.15, 0.2) is 0 Å². The summed E-state index contributed by atoms with van der Waals surface area (Å²) in [6.07, 6.45) is 0. The highest BCUT2D eigenvalue weighted by atomic mass is 32.3. The minimum atomic E-state index is -2.49. The van der Waals surface area contributed by atoms with Crippen molar-refractivity contribution in [1.82, 2.24) is 9.13 Å². The van der Waals surface area contributed by atoms with Crippen molar-refractivity contribution in [1.29, 1.82) is 0 Å². The lowest BCUT2D eigenvalue weighted by Crippen LogP contribution is -2.55. The van der Waals surface area contributed by atoms with Crippen LogP contribution in [0.25, 0.3) is 88.4 Å². The molecule has 0 unspecified atom stereocenters. The monoisotopic (exact) mass is 998 g/mol. The maximum atomic E-state index is 7.30. The Morgan fingerprint density at radius 2 is 0.658 bits per heavy atom. The zero-order valence-corrected chi connectivity index (χ0v) is 43.7. The lowest BCUT2D eigenvalue weighted by molar-refractivity contribution is 1.17. The summed E-state index contributed by atoms with van der Waals surface area (Å²) >= 11 is 0. The van der Waals surface area contributed by atoms with Crippen LogP contribution in [-0.2, 0) is 0 Å². The van der Waals surface area contributed by atoms with Crippen LogP contribution in [0.5, 0.6) is 0 Å². The van der Waals surface area contributed by atoms with Gasteiger partial charge in [-0.05, 0) is 113 Å². The van der Waals surface area contributed by atoms with E-state index in [2.05, 4.69) is 191 Å². The van der Waals surface area contributed by atoms with Gasteiger partial charge in [0.1, 0.15) is 78.5 Å². The van der Waals surface area contributed by atoms with Gasteiger partial charge in [-0.25, -0.2) is 0 Å². The molecular formula is C66H36B10N2S. The van der Waals surface area contributed by atoms with E-state index in [-0.39, 0.29) is 54.6 Å². The molecule has 20 radical (unpaired) electrons. The Hall–Kier alpha value is -7.98. The molecule has 13 heteroatoms. The highest BCUT2D eigenvalue weighted by Gasteiger charge is 2.36. The lowest BCUT2D eigenvalue weighted by atomic mass is 9.58. The van der Waals surface area contributed by atoms with Gasteiger partial charge >= 0.3 is 0 Å². The van der Waals surface area contributed by atoms with Crippen molar-refractivity contribution < 1.29 is 0 Å². The van der Waals surface area contributed by atoms with E-state index in [9.17, 15) is 0 Å². The minimum Gasteiger partial charge on any atom is -0.309 e. The molecular weight excluding hydrogens is 961 g/mol. The van der Waals surface area contributed by atoms with Crippen molar-refractivity contribution in [2.45, 2.75) is 19.6 Å². The molecule has 0 amide bonds. The maximum Gasteiger partial charge on any atom is 0.113 e. The SMILES string of the molecule is [B]c1c([B])c([B])c(-c2cc(S(c3ccccc3)(c3ccccc3)c3ccccc3)cc(-c3c([B])c([B])c([B])c([B])c3[B])c2-n2c3ccccc3c3cc(-c4cccc5c4c4ccccc4n5-c4ccccc4)ccc32)c([B])c1[B]. The van der Waals surface area contributed by atoms with Crippen LogP contribution in [0, 0.1) is 0 Å². The second-order valence-corrected chi connectivity index (χ2v) is 22.9. The summed E-state index contributed by atoms with van der Waals surface area (Å²) in [4.78, 5) is 3.98. The molecule has 0 spiro atoms. The summed E-state index contributed by atoms with van der Waals surface area (Å²) < 4.78 is 4.54. The number of benzene rings is 11. The van der Waals surface area contributed by atoms with Crippen molar-refractivity contribution >= 4 is 187 Å². The average molecular weight is 997 g/mol. The van der Waals surface area contributed by atoms with E-state index in [1.54, 1.807) is 0 Å². The van der Waals surface area contributed by atoms with Gasteiger partial charge in [0.05, 0.1) is 27.8 Å². The van der Waals surface area contributed by atoms with E-state index in [0.717, 1.165) is 80.0 Å². The molecule has 346 valence electrons. The first-order valence-electron chi connectivity index (χ1n) is 25.7. The number of rotatable bonds is 9. The van der Waals surface area contributed by atoms with E-state index in [1.807, 2.05) is 36.4 Å². The molecule has 2 nitrogen and oxygen atoms in total. The largest absolute Gasteiger partial charge is 0.309 e. The summed E-state index contributed by atoms with van der Waals surface area (Å²) in [6.45, 7) is 0. The fourth-order valence-corrected chi connectivity index (χ4v) is 15.8. The molecule has 0 saturated carbocycles. The molecule has 0 aliphatic carbocycles. The normalized spacial score (nSPS) is 12.0. The van der Waals surface area contributed by atoms with Gasteiger partial charge < -0.3 is 9.13 Å². The Bertz CT molecular complexity index is 4360. The number of hydrogen-bond donors (Lipinski definition) is 0. The number of nitrogens with zero attached hydrogens (tertiary/aromatic N) is 2. The maximum absolute atomic E-state index is 7.30. The lowest BCUT2D eigenvalue weighted by Gasteiger charge is -2.43. The molecule has 0 bridgehead atoms. The van der Waals surface area contributed by atoms with Crippen LogP contribution in [0.2, 0.25) is 0 Å². The van der Waals surface area contributed by atoms with Gasteiger partial charge in [0.25, 0.3) is 0 Å². The van der Waals surface area contributed by atoms with Crippen LogP contribution in [0.3, 0.4) is 0 Å². The van der Waals surface area contributed by atoms with Crippen molar-refractivity contribution in [2.24, 2.45) is 0 Å². The summed E-state index contributed by atoms with van der Waals surface area (Å²) in [5.74, 6) is 0. The number of fused-ring (bicyclic) bond motifs is 6. The molecule has 0 aliphatic heterocycles. The molecule has 0 fully saturated rings. The Kier molecular flexibility index (Phi) is 12.6. The molecule has 79 heavy (non-hydrogen) atoms. The summed E-state index contributed by atoms with van der Waals surface area (Å²) in [5, 5.41) is 4.21. The van der Waals surface area contributed by atoms with Crippen LogP contribution in [-0.4, -0.2) is 87.6 Å². The van der Waals surface area contributed by atoms with Crippen LogP contribution in [0.1, 0.15) is 0 Å². The Morgan fingerprint density at radius 1 is 0.266 bits per heavy atom. The van der Waals surface area contributed by atoms with Crippen LogP contribution < -0.4 is 54.6 Å². The average Bonchev–Trinajstić information content (AvgIpc) is 4.27. The summed E-state index contributed by atoms with van der Waals surface area (Å²) in [6, 6.07) is 76.1. The van der Waals surface area contributed by atoms with Gasteiger partial charge in [-0.2, -0.15) is 0 Å². The third kappa shape index (κ3) is 7.71. The number of hydrogen-bond acceptors (Lipinski definition) is 0. The molecule has 13 rings (SSSR count). The molecule has 2 aromatic heterocycles. The van der Waals surface area contributed by atoms with Gasteiger partial charge in [0.2, 0.25) is 0 Å². The van der Waals surface area contributed by atoms with E-state index >= 15 is 0 Å². The fourth-order valence-electron chi connectivity index (χ4n) is 11.9. The predicted molar refractivity (Wildman–Crippen MR) is 345 cm³/mol. The van der Waals surface area contributed by atoms with E-state index in [1.165, 1.54) is 0 Å². The zero-order valence-electron chi connectivity index (χ0n) is 42.9. The smallest absolute Gasteiger partial charge is 0.113 e. The Morgan fingerprint density at radius 3 is 1.15 bits per heavy atom. The third-order valence-electron chi connectivity index (χ3n) is 15.6. The highest BCUT2D eigenvalue weighted by Crippen LogP contribution is 2.74. The van der Waals surface area contributed by atoms with E-state index in [4.69, 9.17) is 78.5 Å². The first-order valence-corrected chi connectivity index (χ1v) is 27.4. The van der Waals surface area contributed by atoms with Gasteiger partial charge in [-0.15, -0.1) is 42.8 Å². The molecule has 0 saturated heterocycles. The second-order valence-electron chi connectivity index (χ2n) is 19.8. The standard InChI is InChI=1S/C66H36B10N2S/c67-56-54(57(68)61(72)64(75)60(56)71)47-35-42(79(39-20-7-2-8-21-39,40-22-9-3-10-23-40)41-24-11-4-12-25-41)36-48(55-58(69)62(73)65(76)63(74)59(55)70)66(47)78-49-29-15-13-26-44(49)46-34-37(32-33-51(46)78)43-28-17-31-52-53(43)45-27-14-16-30-50(45)77(52)38-18-5-1-6-19-38/h1-36H. The molecule has 2 heterocycles. The first kappa shape index (κ1) is 50.5. The summed E-state index contributed by atoms with van der Waals surface area (Å²) in [5.41, 5.74) is 10.5. The van der Waals surface area contributed by atoms with Gasteiger partial charge in [-0.3, -0.25) is 0 Å². The summed E-state index contributed by atoms with van der Waals surface area (Å²) in [7, 11) is 67.5. The van der Waals surface area contributed by atoms with Crippen molar-refractivity contribution in [2.75, 3.05) is 0 Å². The highest BCUT2D eigenvalue weighted by molar-refractivity contribution is 8.34. The van der Waals surface area contributed by atoms with Crippen molar-refractivity contribution in [3.8, 4) is 44.8 Å². The molecule has 0 atom stereocenters. The van der Waals surface area contributed by atoms with Crippen LogP contribution in [0.15, 0.2) is 238 Å². The van der Waals surface area contributed by atoms with Crippen molar-refractivity contribution in [3.05, 3.63) is 218 Å². The number of para-hydroxylation sites is 3. The Balaban J connectivity index is 1.22. The third-order valence-corrected chi connectivity index (χ3v) is 19.5. The van der Waals surface area contributed by atoms with Gasteiger partial charge in [-0.1, -0.05) is 149 Å². The fraction of sp³-hybridized carbons (Fsp3) is 0. The predicted octanol–water partition coefficient (Wildman–Crippen LogP) is 6.16.